The van der Waals surface area contributed by atoms with E-state index in [0.29, 0.717) is 5.41 Å². The van der Waals surface area contributed by atoms with Crippen LogP contribution in [0.5, 0.6) is 0 Å². The highest BCUT2D eigenvalue weighted by molar-refractivity contribution is 5.41. The second-order valence-corrected chi connectivity index (χ2v) is 5.58. The van der Waals surface area contributed by atoms with Crippen molar-refractivity contribution in [3.63, 3.8) is 0 Å². The Morgan fingerprint density at radius 2 is 1.89 bits per heavy atom. The molecule has 0 nitrogen and oxygen atoms in total. The molecule has 0 saturated heterocycles. The summed E-state index contributed by atoms with van der Waals surface area (Å²) >= 11 is 0. The van der Waals surface area contributed by atoms with Gasteiger partial charge in [-0.15, -0.1) is 0 Å². The molecule has 0 aromatic carbocycles. The third-order valence-corrected chi connectivity index (χ3v) is 4.01. The van der Waals surface area contributed by atoms with Gasteiger partial charge in [-0.25, -0.2) is 0 Å². The molecule has 2 aliphatic rings. The first kappa shape index (κ1) is 15.3. The molecular weight excluding hydrogens is 216 g/mol. The van der Waals surface area contributed by atoms with Gasteiger partial charge in [-0.2, -0.15) is 0 Å². The number of hydrogen-bond donors (Lipinski definition) is 0. The van der Waals surface area contributed by atoms with Crippen molar-refractivity contribution >= 4 is 0 Å². The first-order chi connectivity index (χ1) is 8.65. The lowest BCUT2D eigenvalue weighted by molar-refractivity contribution is 0.372. The average Bonchev–Trinajstić information content (AvgIpc) is 2.38. The van der Waals surface area contributed by atoms with E-state index in [1.54, 1.807) is 11.1 Å². The summed E-state index contributed by atoms with van der Waals surface area (Å²) in [5, 5.41) is 0. The molecule has 0 spiro atoms. The molecule has 0 heterocycles. The largest absolute Gasteiger partial charge is 0.0846 e. The molecule has 0 radical (unpaired) electrons. The van der Waals surface area contributed by atoms with Gasteiger partial charge in [0.1, 0.15) is 0 Å². The van der Waals surface area contributed by atoms with E-state index in [4.69, 9.17) is 0 Å². The van der Waals surface area contributed by atoms with Gasteiger partial charge in [0, 0.05) is 5.41 Å². The number of hydrogen-bond acceptors (Lipinski definition) is 0. The quantitative estimate of drug-likeness (QED) is 0.410. The molecular formula is C18H30. The zero-order valence-electron chi connectivity index (χ0n) is 13.0. The smallest absolute Gasteiger partial charge is 0.0108 e. The van der Waals surface area contributed by atoms with E-state index < -0.39 is 0 Å². The van der Waals surface area contributed by atoms with Gasteiger partial charge in [0.25, 0.3) is 0 Å². The molecule has 0 heteroatoms. The van der Waals surface area contributed by atoms with Crippen molar-refractivity contribution in [2.24, 2.45) is 5.41 Å². The van der Waals surface area contributed by atoms with Gasteiger partial charge in [-0.3, -0.25) is 0 Å². The summed E-state index contributed by atoms with van der Waals surface area (Å²) in [6, 6.07) is 0. The van der Waals surface area contributed by atoms with Crippen LogP contribution < -0.4 is 0 Å². The third-order valence-electron chi connectivity index (χ3n) is 4.01. The predicted octanol–water partition coefficient (Wildman–Crippen LogP) is 6.21. The van der Waals surface area contributed by atoms with Gasteiger partial charge in [0.15, 0.2) is 0 Å². The summed E-state index contributed by atoms with van der Waals surface area (Å²) in [5.74, 6) is 0. The highest BCUT2D eigenvalue weighted by atomic mass is 14.4. The van der Waals surface area contributed by atoms with Crippen LogP contribution in [0.25, 0.3) is 0 Å². The van der Waals surface area contributed by atoms with Crippen LogP contribution in [0.15, 0.2) is 34.9 Å². The normalized spacial score (nSPS) is 27.5. The second kappa shape index (κ2) is 6.97. The van der Waals surface area contributed by atoms with E-state index in [0.717, 1.165) is 6.42 Å². The van der Waals surface area contributed by atoms with E-state index in [1.165, 1.54) is 37.7 Å². The van der Waals surface area contributed by atoms with Crippen molar-refractivity contribution in [1.82, 2.24) is 0 Å². The molecule has 0 aliphatic heterocycles. The van der Waals surface area contributed by atoms with Gasteiger partial charge in [0.2, 0.25) is 0 Å². The molecule has 0 fully saturated rings. The lowest BCUT2D eigenvalue weighted by Gasteiger charge is -2.45. The minimum absolute atomic E-state index is 0.401. The van der Waals surface area contributed by atoms with Crippen LogP contribution in [0.1, 0.15) is 73.1 Å². The SMILES string of the molecule is CC.CC/C=C\C(C)=C/C1(C)CC2=C1CCCC2. The van der Waals surface area contributed by atoms with Crippen molar-refractivity contribution in [1.29, 1.82) is 0 Å². The Labute approximate surface area is 114 Å². The van der Waals surface area contributed by atoms with Crippen LogP contribution in [-0.2, 0) is 0 Å². The Hall–Kier alpha value is -0.780. The first-order valence-electron chi connectivity index (χ1n) is 7.73. The van der Waals surface area contributed by atoms with Crippen LogP contribution in [0, 0.1) is 5.41 Å². The van der Waals surface area contributed by atoms with Crippen molar-refractivity contribution in [3.8, 4) is 0 Å². The summed E-state index contributed by atoms with van der Waals surface area (Å²) in [6.45, 7) is 10.8. The van der Waals surface area contributed by atoms with Gasteiger partial charge < -0.3 is 0 Å². The number of rotatable bonds is 3. The topological polar surface area (TPSA) is 0 Å². The van der Waals surface area contributed by atoms with Crippen molar-refractivity contribution in [2.75, 3.05) is 0 Å². The Kier molecular flexibility index (Phi) is 5.91. The van der Waals surface area contributed by atoms with Crippen molar-refractivity contribution in [3.05, 3.63) is 34.9 Å². The summed E-state index contributed by atoms with van der Waals surface area (Å²) in [7, 11) is 0. The molecule has 2 aliphatic carbocycles. The molecule has 0 aromatic rings. The van der Waals surface area contributed by atoms with Crippen LogP contribution >= 0.6 is 0 Å². The Balaban J connectivity index is 0.000000771. The fourth-order valence-electron chi connectivity index (χ4n) is 3.29. The monoisotopic (exact) mass is 246 g/mol. The van der Waals surface area contributed by atoms with Crippen LogP contribution in [-0.4, -0.2) is 0 Å². The van der Waals surface area contributed by atoms with Gasteiger partial charge in [-0.05, 0) is 45.4 Å². The van der Waals surface area contributed by atoms with E-state index in [9.17, 15) is 0 Å². The third kappa shape index (κ3) is 3.37. The minimum atomic E-state index is 0.401. The molecule has 0 amide bonds. The Morgan fingerprint density at radius 3 is 2.50 bits per heavy atom. The number of allylic oxidation sites excluding steroid dienone is 6. The maximum Gasteiger partial charge on any atom is 0.0108 e. The molecule has 1 atom stereocenters. The maximum atomic E-state index is 2.49. The molecule has 0 bridgehead atoms. The van der Waals surface area contributed by atoms with Gasteiger partial charge >= 0.3 is 0 Å². The van der Waals surface area contributed by atoms with E-state index in [2.05, 4.69) is 39.0 Å². The van der Waals surface area contributed by atoms with Crippen LogP contribution in [0.4, 0.5) is 0 Å². The minimum Gasteiger partial charge on any atom is -0.0846 e. The average molecular weight is 246 g/mol. The van der Waals surface area contributed by atoms with Crippen LogP contribution in [0.3, 0.4) is 0 Å². The summed E-state index contributed by atoms with van der Waals surface area (Å²) in [4.78, 5) is 0. The van der Waals surface area contributed by atoms with Crippen molar-refractivity contribution < 1.29 is 0 Å². The first-order valence-corrected chi connectivity index (χ1v) is 7.73. The van der Waals surface area contributed by atoms with E-state index in [-0.39, 0.29) is 0 Å². The zero-order chi connectivity index (χ0) is 13.6. The van der Waals surface area contributed by atoms with Gasteiger partial charge in [-0.1, -0.05) is 62.6 Å². The highest BCUT2D eigenvalue weighted by Crippen LogP contribution is 2.53. The van der Waals surface area contributed by atoms with Gasteiger partial charge in [0.05, 0.1) is 0 Å². The Morgan fingerprint density at radius 1 is 1.22 bits per heavy atom. The standard InChI is InChI=1S/C16H24.C2H6/c1-4-5-8-13(2)11-16(3)12-14-9-6-7-10-15(14)16;1-2/h5,8,11H,4,6-7,9-10,12H2,1-3H3;1-2H3/b8-5-,13-11-;. The van der Waals surface area contributed by atoms with Crippen LogP contribution in [0.2, 0.25) is 0 Å². The van der Waals surface area contributed by atoms with E-state index >= 15 is 0 Å². The van der Waals surface area contributed by atoms with Crippen molar-refractivity contribution in [2.45, 2.75) is 73.1 Å². The zero-order valence-corrected chi connectivity index (χ0v) is 13.0. The summed E-state index contributed by atoms with van der Waals surface area (Å²) in [5.41, 5.74) is 5.37. The molecule has 2 rings (SSSR count). The molecule has 0 saturated carbocycles. The fraction of sp³-hybridized carbons (Fsp3) is 0.667. The summed E-state index contributed by atoms with van der Waals surface area (Å²) < 4.78 is 0. The summed E-state index contributed by atoms with van der Waals surface area (Å²) in [6.07, 6.45) is 15.0. The molecule has 1 unspecified atom stereocenters. The molecule has 0 aromatic heterocycles. The molecule has 102 valence electrons. The fourth-order valence-corrected chi connectivity index (χ4v) is 3.29. The lowest BCUT2D eigenvalue weighted by atomic mass is 9.60. The molecule has 18 heavy (non-hydrogen) atoms. The molecule has 0 N–H and O–H groups in total. The Bertz CT molecular complexity index is 354. The second-order valence-electron chi connectivity index (χ2n) is 5.58. The predicted molar refractivity (Wildman–Crippen MR) is 82.8 cm³/mol. The highest BCUT2D eigenvalue weighted by Gasteiger charge is 2.39. The lowest BCUT2D eigenvalue weighted by Crippen LogP contribution is -2.31. The maximum absolute atomic E-state index is 2.49. The van der Waals surface area contributed by atoms with E-state index in [1.807, 2.05) is 13.8 Å².